The Balaban J connectivity index is 3.14. The molecule has 23 heteroatoms. The van der Waals surface area contributed by atoms with E-state index in [4.69, 9.17) is 22.9 Å². The minimum absolute atomic E-state index is 0.0708. The molecule has 0 bridgehead atoms. The molecule has 0 aromatic rings. The van der Waals surface area contributed by atoms with Crippen molar-refractivity contribution in [3.63, 3.8) is 0 Å². The van der Waals surface area contributed by atoms with Crippen LogP contribution in [0.5, 0.6) is 0 Å². The van der Waals surface area contributed by atoms with Gasteiger partial charge in [0, 0.05) is 6.54 Å². The molecule has 17 N–H and O–H groups in total. The molecule has 1 aliphatic heterocycles. The molecule has 0 spiro atoms. The number of carboxylic acid groups (broad SMARTS) is 1. The monoisotopic (exact) mass is 955 g/mol. The third kappa shape index (κ3) is 21.7. The first-order chi connectivity index (χ1) is 31.6. The minimum Gasteiger partial charge on any atom is -0.480 e. The summed E-state index contributed by atoms with van der Waals surface area (Å²) in [4.78, 5) is 121. The van der Waals surface area contributed by atoms with Crippen molar-refractivity contribution in [2.45, 2.75) is 167 Å². The van der Waals surface area contributed by atoms with Gasteiger partial charge in [0.2, 0.25) is 47.3 Å². The third-order valence-corrected chi connectivity index (χ3v) is 11.4. The lowest BCUT2D eigenvalue weighted by Crippen LogP contribution is -2.60. The first-order valence-electron chi connectivity index (χ1n) is 23.7. The van der Waals surface area contributed by atoms with Crippen molar-refractivity contribution < 1.29 is 53.4 Å². The second-order valence-electron chi connectivity index (χ2n) is 18.3. The van der Waals surface area contributed by atoms with Gasteiger partial charge in [0.15, 0.2) is 0 Å². The summed E-state index contributed by atoms with van der Waals surface area (Å²) in [7, 11) is 0. The van der Waals surface area contributed by atoms with Gasteiger partial charge in [-0.1, -0.05) is 41.5 Å². The van der Waals surface area contributed by atoms with Crippen molar-refractivity contribution >= 4 is 53.2 Å². The maximum Gasteiger partial charge on any atom is 0.326 e. The Morgan fingerprint density at radius 2 is 1.03 bits per heavy atom. The molecule has 0 aromatic carbocycles. The second kappa shape index (κ2) is 31.9. The van der Waals surface area contributed by atoms with Crippen LogP contribution in [-0.2, 0) is 43.2 Å². The van der Waals surface area contributed by atoms with Crippen LogP contribution in [0.15, 0.2) is 0 Å². The highest BCUT2D eigenvalue weighted by Gasteiger charge is 2.39. The van der Waals surface area contributed by atoms with Gasteiger partial charge >= 0.3 is 5.97 Å². The Bertz CT molecular complexity index is 1620. The van der Waals surface area contributed by atoms with E-state index in [9.17, 15) is 53.4 Å². The molecule has 384 valence electrons. The van der Waals surface area contributed by atoms with Crippen molar-refractivity contribution in [1.82, 2.24) is 42.1 Å². The smallest absolute Gasteiger partial charge is 0.326 e. The van der Waals surface area contributed by atoms with E-state index < -0.39 is 127 Å². The molecule has 1 fully saturated rings. The molecule has 1 heterocycles. The van der Waals surface area contributed by atoms with Crippen LogP contribution in [0.2, 0.25) is 0 Å². The van der Waals surface area contributed by atoms with Crippen LogP contribution in [-0.4, -0.2) is 156 Å². The van der Waals surface area contributed by atoms with E-state index >= 15 is 0 Å². The van der Waals surface area contributed by atoms with Gasteiger partial charge in [0.1, 0.15) is 42.3 Å². The average Bonchev–Trinajstić information content (AvgIpc) is 3.77. The average molecular weight is 955 g/mol. The van der Waals surface area contributed by atoms with Gasteiger partial charge in [0.25, 0.3) is 0 Å². The summed E-state index contributed by atoms with van der Waals surface area (Å²) in [6.07, 6.45) is 4.34. The van der Waals surface area contributed by atoms with Crippen LogP contribution >= 0.6 is 0 Å². The van der Waals surface area contributed by atoms with E-state index in [0.717, 1.165) is 0 Å². The molecule has 8 amide bonds. The summed E-state index contributed by atoms with van der Waals surface area (Å²) in [5, 5.41) is 37.9. The minimum atomic E-state index is -1.52. The quantitative estimate of drug-likeness (QED) is 0.0295. The molecule has 0 saturated carbocycles. The number of likely N-dealkylation sites (tertiary alicyclic amines) is 1. The molecule has 1 aliphatic rings. The van der Waals surface area contributed by atoms with Crippen LogP contribution in [0, 0.1) is 17.8 Å². The third-order valence-electron chi connectivity index (χ3n) is 11.4. The zero-order valence-corrected chi connectivity index (χ0v) is 40.4. The zero-order chi connectivity index (χ0) is 50.8. The SMILES string of the molecule is CC(C)C[C@H](N)C(=O)N[C@H](C(=O)N[C@@H](CO)C(=O)N[C@@H](CCCCN)C(=O)NCC(=O)N[C@@H](CCCCN)C(=O)N[C@H](C(=O)N[C@@H](CCCCN)C(=O)N1CCC[C@H]1C(=O)O)C(C)C)C(C)C. The normalized spacial score (nSPS) is 16.8. The highest BCUT2D eigenvalue weighted by molar-refractivity contribution is 5.97. The molecule has 23 nitrogen and oxygen atoms in total. The number of hydrogen-bond donors (Lipinski definition) is 13. The maximum absolute atomic E-state index is 13.8. The van der Waals surface area contributed by atoms with Crippen molar-refractivity contribution in [1.29, 1.82) is 0 Å². The fourth-order valence-corrected chi connectivity index (χ4v) is 7.49. The molecule has 67 heavy (non-hydrogen) atoms. The van der Waals surface area contributed by atoms with Gasteiger partial charge in [0.05, 0.1) is 19.2 Å². The number of aliphatic carboxylic acids is 1. The van der Waals surface area contributed by atoms with E-state index in [1.807, 2.05) is 13.8 Å². The molecule has 0 aromatic heterocycles. The fraction of sp³-hybridized carbons (Fsp3) is 0.795. The number of amides is 8. The summed E-state index contributed by atoms with van der Waals surface area (Å²) < 4.78 is 0. The Morgan fingerprint density at radius 1 is 0.582 bits per heavy atom. The molecule has 1 rings (SSSR count). The predicted octanol–water partition coefficient (Wildman–Crippen LogP) is -2.85. The maximum atomic E-state index is 13.8. The van der Waals surface area contributed by atoms with E-state index in [0.29, 0.717) is 64.5 Å². The number of carbonyl (C=O) groups excluding carboxylic acids is 8. The van der Waals surface area contributed by atoms with Gasteiger partial charge < -0.3 is 75.3 Å². The number of nitrogens with two attached hydrogens (primary N) is 4. The van der Waals surface area contributed by atoms with Gasteiger partial charge in [-0.2, -0.15) is 0 Å². The number of carboxylic acids is 1. The van der Waals surface area contributed by atoms with Crippen LogP contribution in [0.3, 0.4) is 0 Å². The molecule has 8 atom stereocenters. The largest absolute Gasteiger partial charge is 0.480 e. The lowest BCUT2D eigenvalue weighted by molar-refractivity contribution is -0.149. The number of unbranched alkanes of at least 4 members (excludes halogenated alkanes) is 3. The first kappa shape index (κ1) is 60.0. The number of nitrogens with zero attached hydrogens (tertiary/aromatic N) is 1. The molecule has 0 aliphatic carbocycles. The predicted molar refractivity (Wildman–Crippen MR) is 250 cm³/mol. The molecule has 0 unspecified atom stereocenters. The van der Waals surface area contributed by atoms with Gasteiger partial charge in [-0.05, 0) is 114 Å². The molecule has 0 radical (unpaired) electrons. The summed E-state index contributed by atoms with van der Waals surface area (Å²) in [6, 6.07) is -9.19. The lowest BCUT2D eigenvalue weighted by atomic mass is 10.00. The highest BCUT2D eigenvalue weighted by Crippen LogP contribution is 2.20. The van der Waals surface area contributed by atoms with Crippen molar-refractivity contribution in [2.75, 3.05) is 39.3 Å². The topological polar surface area (TPSA) is 386 Å². The van der Waals surface area contributed by atoms with E-state index in [1.54, 1.807) is 27.7 Å². The van der Waals surface area contributed by atoms with Crippen molar-refractivity contribution in [3.8, 4) is 0 Å². The van der Waals surface area contributed by atoms with Crippen LogP contribution < -0.4 is 60.2 Å². The summed E-state index contributed by atoms with van der Waals surface area (Å²) in [6.45, 7) is 10.2. The van der Waals surface area contributed by atoms with E-state index in [-0.39, 0.29) is 44.7 Å². The molecular formula is C44H82N12O11. The standard InChI is InChI=1S/C44H82N12O11/c1-25(2)22-28(48)37(59)54-35(26(3)4)42(64)53-32(24-57)40(62)51-29(14-7-10-18-45)38(60)49-23-34(58)50-30(15-8-11-19-46)39(61)55-36(27(5)6)41(63)52-31(16-9-12-20-47)43(65)56-21-13-17-33(56)44(66)67/h25-33,35-36,57H,7-24,45-48H2,1-6H3,(H,49,60)(H,50,58)(H,51,62)(H,52,63)(H,53,64)(H,54,59)(H,55,61)(H,66,67)/t28-,29-,30-,31-,32-,33-,35-,36-/m0/s1. The Labute approximate surface area is 394 Å². The Hall–Kier alpha value is -4.97. The Morgan fingerprint density at radius 3 is 1.49 bits per heavy atom. The molecular weight excluding hydrogens is 873 g/mol. The highest BCUT2D eigenvalue weighted by atomic mass is 16.4. The fourth-order valence-electron chi connectivity index (χ4n) is 7.49. The van der Waals surface area contributed by atoms with Crippen molar-refractivity contribution in [2.24, 2.45) is 40.7 Å². The summed E-state index contributed by atoms with van der Waals surface area (Å²) in [5.41, 5.74) is 23.0. The summed E-state index contributed by atoms with van der Waals surface area (Å²) >= 11 is 0. The second-order valence-corrected chi connectivity index (χ2v) is 18.3. The van der Waals surface area contributed by atoms with Gasteiger partial charge in [-0.25, -0.2) is 4.79 Å². The molecule has 1 saturated heterocycles. The summed E-state index contributed by atoms with van der Waals surface area (Å²) in [5.74, 6) is -7.67. The van der Waals surface area contributed by atoms with Crippen LogP contribution in [0.4, 0.5) is 0 Å². The number of hydrogen-bond acceptors (Lipinski definition) is 14. The number of aliphatic hydroxyl groups is 1. The van der Waals surface area contributed by atoms with Crippen LogP contribution in [0.1, 0.15) is 119 Å². The lowest BCUT2D eigenvalue weighted by Gasteiger charge is -2.30. The van der Waals surface area contributed by atoms with Gasteiger partial charge in [-0.3, -0.25) is 38.4 Å². The van der Waals surface area contributed by atoms with Gasteiger partial charge in [-0.15, -0.1) is 0 Å². The number of aliphatic hydroxyl groups excluding tert-OH is 1. The zero-order valence-electron chi connectivity index (χ0n) is 40.4. The first-order valence-corrected chi connectivity index (χ1v) is 23.7. The van der Waals surface area contributed by atoms with E-state index in [2.05, 4.69) is 37.2 Å². The van der Waals surface area contributed by atoms with Crippen molar-refractivity contribution in [3.05, 3.63) is 0 Å². The van der Waals surface area contributed by atoms with Crippen LogP contribution in [0.25, 0.3) is 0 Å². The number of rotatable bonds is 33. The number of carbonyl (C=O) groups is 9. The van der Waals surface area contributed by atoms with E-state index in [1.165, 1.54) is 4.90 Å². The number of nitrogens with one attached hydrogen (secondary N) is 7. The Kier molecular flexibility index (Phi) is 28.6.